The molecule has 0 unspecified atom stereocenters. The third kappa shape index (κ3) is 7.88. The normalized spacial score (nSPS) is 15.0. The Hall–Kier alpha value is -1.78. The third-order valence-corrected chi connectivity index (χ3v) is 5.79. The van der Waals surface area contributed by atoms with Gasteiger partial charge < -0.3 is 25.4 Å². The Morgan fingerprint density at radius 3 is 2.41 bits per heavy atom. The van der Waals surface area contributed by atoms with E-state index in [4.69, 9.17) is 0 Å². The number of aliphatic hydroxyl groups excluding tert-OH is 2. The summed E-state index contributed by atoms with van der Waals surface area (Å²) in [5.41, 5.74) is 2.34. The number of carboxylic acid groups (broad SMARTS) is 1. The van der Waals surface area contributed by atoms with Crippen molar-refractivity contribution in [2.75, 3.05) is 6.54 Å². The fourth-order valence-electron chi connectivity index (χ4n) is 3.93. The van der Waals surface area contributed by atoms with Crippen LogP contribution in [0.15, 0.2) is 24.3 Å². The van der Waals surface area contributed by atoms with Crippen molar-refractivity contribution in [1.29, 1.82) is 0 Å². The number of aliphatic carboxylic acids is 1. The maximum absolute atomic E-state index is 13.5. The van der Waals surface area contributed by atoms with Crippen LogP contribution in [0, 0.1) is 11.7 Å². The quantitative estimate of drug-likeness (QED) is 0.314. The minimum absolute atomic E-state index is 0. The number of rotatable bonds is 12. The van der Waals surface area contributed by atoms with Gasteiger partial charge >= 0.3 is 29.6 Å². The summed E-state index contributed by atoms with van der Waals surface area (Å²) in [5, 5.41) is 38.3. The zero-order valence-electron chi connectivity index (χ0n) is 20.0. The number of carbonyl (C=O) groups excluding carboxylic acids is 2. The van der Waals surface area contributed by atoms with Crippen molar-refractivity contribution in [3.8, 4) is 5.69 Å². The summed E-state index contributed by atoms with van der Waals surface area (Å²) >= 11 is 0. The molecule has 34 heavy (non-hydrogen) atoms. The summed E-state index contributed by atoms with van der Waals surface area (Å²) in [6, 6.07) is 5.77. The van der Waals surface area contributed by atoms with Crippen molar-refractivity contribution < 1.29 is 58.9 Å². The van der Waals surface area contributed by atoms with Crippen molar-refractivity contribution in [3.05, 3.63) is 47.0 Å². The molecule has 1 aliphatic carbocycles. The van der Waals surface area contributed by atoms with E-state index in [-0.39, 0.29) is 54.2 Å². The van der Waals surface area contributed by atoms with Gasteiger partial charge in [-0.25, -0.2) is 9.07 Å². The average molecular weight is 484 g/mol. The first-order valence-corrected chi connectivity index (χ1v) is 11.4. The predicted molar refractivity (Wildman–Crippen MR) is 117 cm³/mol. The third-order valence-electron chi connectivity index (χ3n) is 5.79. The molecule has 0 bridgehead atoms. The fraction of sp³-hybridized carbons (Fsp3) is 0.542. The Kier molecular flexibility index (Phi) is 10.7. The average Bonchev–Trinajstić information content (AvgIpc) is 3.48. The fourth-order valence-corrected chi connectivity index (χ4v) is 3.93. The van der Waals surface area contributed by atoms with Crippen LogP contribution in [-0.2, 0) is 11.2 Å². The zero-order valence-corrected chi connectivity index (χ0v) is 22.0. The van der Waals surface area contributed by atoms with Crippen molar-refractivity contribution in [2.24, 2.45) is 5.92 Å². The molecule has 8 nitrogen and oxygen atoms in total. The molecule has 0 spiro atoms. The number of amides is 1. The van der Waals surface area contributed by atoms with Gasteiger partial charge in [0.25, 0.3) is 5.91 Å². The van der Waals surface area contributed by atoms with Crippen LogP contribution in [0.1, 0.15) is 73.6 Å². The van der Waals surface area contributed by atoms with E-state index < -0.39 is 30.4 Å². The molecule has 0 aliphatic heterocycles. The van der Waals surface area contributed by atoms with E-state index >= 15 is 0 Å². The molecule has 2 aromatic rings. The Morgan fingerprint density at radius 2 is 1.85 bits per heavy atom. The Labute approximate surface area is 220 Å². The summed E-state index contributed by atoms with van der Waals surface area (Å²) in [5.74, 6) is -1.57. The van der Waals surface area contributed by atoms with Gasteiger partial charge in [-0.2, -0.15) is 5.10 Å². The van der Waals surface area contributed by atoms with E-state index in [1.807, 2.05) is 13.8 Å². The summed E-state index contributed by atoms with van der Waals surface area (Å²) in [4.78, 5) is 23.6. The summed E-state index contributed by atoms with van der Waals surface area (Å²) in [6.07, 6.45) is -0.0594. The Bertz CT molecular complexity index is 976. The van der Waals surface area contributed by atoms with E-state index in [0.717, 1.165) is 18.4 Å². The van der Waals surface area contributed by atoms with E-state index in [0.29, 0.717) is 36.0 Å². The maximum atomic E-state index is 13.5. The molecule has 1 aromatic carbocycles. The summed E-state index contributed by atoms with van der Waals surface area (Å²) < 4.78 is 15.1. The van der Waals surface area contributed by atoms with Crippen LogP contribution < -0.4 is 40.0 Å². The van der Waals surface area contributed by atoms with Crippen molar-refractivity contribution in [3.63, 3.8) is 0 Å². The minimum atomic E-state index is -1.38. The largest absolute Gasteiger partial charge is 1.00 e. The first-order chi connectivity index (χ1) is 15.7. The second-order valence-electron chi connectivity index (χ2n) is 9.06. The zero-order chi connectivity index (χ0) is 24.1. The molecule has 10 heteroatoms. The molecule has 3 rings (SSSR count). The van der Waals surface area contributed by atoms with Gasteiger partial charge in [0, 0.05) is 30.2 Å². The van der Waals surface area contributed by atoms with Crippen LogP contribution in [0.4, 0.5) is 4.39 Å². The van der Waals surface area contributed by atoms with Crippen LogP contribution in [-0.4, -0.2) is 50.6 Å². The molecule has 2 atom stereocenters. The number of nitrogens with zero attached hydrogens (tertiary/aromatic N) is 2. The number of hydrogen-bond acceptors (Lipinski definition) is 6. The molecule has 1 heterocycles. The number of nitrogens with one attached hydrogen (secondary N) is 1. The summed E-state index contributed by atoms with van der Waals surface area (Å²) in [7, 11) is 0. The second-order valence-corrected chi connectivity index (χ2v) is 9.06. The van der Waals surface area contributed by atoms with E-state index in [2.05, 4.69) is 10.4 Å². The van der Waals surface area contributed by atoms with Crippen LogP contribution in [0.3, 0.4) is 0 Å². The van der Waals surface area contributed by atoms with Gasteiger partial charge in [-0.1, -0.05) is 13.8 Å². The van der Waals surface area contributed by atoms with Gasteiger partial charge in [-0.05, 0) is 68.2 Å². The molecule has 180 valence electrons. The van der Waals surface area contributed by atoms with Crippen LogP contribution >= 0.6 is 0 Å². The molecule has 1 saturated carbocycles. The van der Waals surface area contributed by atoms with Gasteiger partial charge in [0.2, 0.25) is 0 Å². The van der Waals surface area contributed by atoms with Gasteiger partial charge in [0.05, 0.1) is 17.9 Å². The van der Waals surface area contributed by atoms with E-state index in [1.165, 1.54) is 12.1 Å². The van der Waals surface area contributed by atoms with Gasteiger partial charge in [-0.3, -0.25) is 4.79 Å². The van der Waals surface area contributed by atoms with E-state index in [1.54, 1.807) is 16.8 Å². The van der Waals surface area contributed by atoms with Gasteiger partial charge in [-0.15, -0.1) is 0 Å². The molecule has 0 saturated heterocycles. The van der Waals surface area contributed by atoms with E-state index in [9.17, 15) is 29.3 Å². The Balaban J connectivity index is 0.00000408. The number of carboxylic acids is 1. The van der Waals surface area contributed by atoms with Gasteiger partial charge in [0.15, 0.2) is 5.69 Å². The minimum Gasteiger partial charge on any atom is -0.550 e. The molecular weight excluding hydrogens is 452 g/mol. The number of halogens is 1. The molecule has 1 amide bonds. The predicted octanol–water partition coefficient (Wildman–Crippen LogP) is -1.54. The number of hydrogen-bond donors (Lipinski definition) is 3. The number of carbonyl (C=O) groups is 2. The number of aliphatic hydroxyl groups is 2. The smallest absolute Gasteiger partial charge is 0.550 e. The van der Waals surface area contributed by atoms with Crippen LogP contribution in [0.25, 0.3) is 5.69 Å². The number of aromatic nitrogens is 2. The SMILES string of the molecule is CC(C)c1c(C(=O)NCC2CC2)nn(-c2ccc(F)cc2)c1CC[C@@H](O)C[C@@H](O)CC(=O)[O-].[Na+]. The second kappa shape index (κ2) is 12.8. The molecule has 1 aromatic heterocycles. The first kappa shape index (κ1) is 28.5. The molecule has 3 N–H and O–H groups in total. The molecule has 1 aliphatic rings. The monoisotopic (exact) mass is 483 g/mol. The van der Waals surface area contributed by atoms with Crippen molar-refractivity contribution in [1.82, 2.24) is 15.1 Å². The van der Waals surface area contributed by atoms with Crippen molar-refractivity contribution >= 4 is 11.9 Å². The molecule has 0 radical (unpaired) electrons. The van der Waals surface area contributed by atoms with Crippen LogP contribution in [0.5, 0.6) is 0 Å². The number of benzene rings is 1. The standard InChI is InChI=1S/C24H32FN3O5.Na/c1-14(2)22-20(10-9-18(29)11-19(30)12-21(31)32)28(17-7-5-16(25)6-8-17)27-23(22)24(33)26-13-15-3-4-15;/h5-8,14-15,18-19,29-30H,3-4,9-13H2,1-2H3,(H,26,33)(H,31,32);/q;+1/p-1/t18-,19-;/m1./s1. The first-order valence-electron chi connectivity index (χ1n) is 11.4. The topological polar surface area (TPSA) is 128 Å². The Morgan fingerprint density at radius 1 is 1.21 bits per heavy atom. The molecular formula is C24H31FN3NaO5. The molecule has 1 fully saturated rings. The summed E-state index contributed by atoms with van der Waals surface area (Å²) in [6.45, 7) is 4.50. The van der Waals surface area contributed by atoms with Crippen LogP contribution in [0.2, 0.25) is 0 Å². The maximum Gasteiger partial charge on any atom is 1.00 e. The van der Waals surface area contributed by atoms with Gasteiger partial charge in [0.1, 0.15) is 5.82 Å². The van der Waals surface area contributed by atoms with Crippen molar-refractivity contribution in [2.45, 2.75) is 70.5 Å².